The van der Waals surface area contributed by atoms with Gasteiger partial charge in [0.2, 0.25) is 5.88 Å². The zero-order valence-corrected chi connectivity index (χ0v) is 10.5. The summed E-state index contributed by atoms with van der Waals surface area (Å²) in [6, 6.07) is 12.0. The third-order valence-corrected chi connectivity index (χ3v) is 2.53. The molecule has 1 heterocycles. The van der Waals surface area contributed by atoms with Crippen LogP contribution in [0.25, 0.3) is 0 Å². The van der Waals surface area contributed by atoms with Crippen molar-refractivity contribution in [3.63, 3.8) is 0 Å². The molecule has 0 spiro atoms. The molecule has 0 aliphatic heterocycles. The van der Waals surface area contributed by atoms with E-state index in [1.54, 1.807) is 37.4 Å². The van der Waals surface area contributed by atoms with Crippen molar-refractivity contribution >= 4 is 12.6 Å². The lowest BCUT2D eigenvalue weighted by Crippen LogP contribution is -2.29. The summed E-state index contributed by atoms with van der Waals surface area (Å²) < 4.78 is 10.6. The van der Waals surface area contributed by atoms with E-state index >= 15 is 0 Å². The molecule has 0 bridgehead atoms. The molecule has 0 unspecified atom stereocenters. The van der Waals surface area contributed by atoms with Crippen LogP contribution in [0.4, 0.5) is 0 Å². The molecule has 0 saturated heterocycles. The van der Waals surface area contributed by atoms with E-state index in [2.05, 4.69) is 4.98 Å². The Morgan fingerprint density at radius 1 is 1.16 bits per heavy atom. The first-order chi connectivity index (χ1) is 9.19. The van der Waals surface area contributed by atoms with Crippen molar-refractivity contribution in [2.24, 2.45) is 0 Å². The minimum absolute atomic E-state index is 0.280. The van der Waals surface area contributed by atoms with Gasteiger partial charge in [0.05, 0.1) is 12.8 Å². The SMILES string of the molecule is COc1cccc(COc2cccc(B(O)O)c2)n1. The van der Waals surface area contributed by atoms with Crippen molar-refractivity contribution in [1.29, 1.82) is 0 Å². The normalized spacial score (nSPS) is 10.1. The highest BCUT2D eigenvalue weighted by molar-refractivity contribution is 6.58. The lowest BCUT2D eigenvalue weighted by Gasteiger charge is -2.08. The predicted molar refractivity (Wildman–Crippen MR) is 71.4 cm³/mol. The molecule has 19 heavy (non-hydrogen) atoms. The summed E-state index contributed by atoms with van der Waals surface area (Å²) in [5.41, 5.74) is 1.12. The van der Waals surface area contributed by atoms with Gasteiger partial charge in [-0.15, -0.1) is 0 Å². The standard InChI is InChI=1S/C13H14BNO4/c1-18-13-7-3-5-11(15-13)9-19-12-6-2-4-10(8-12)14(16)17/h2-8,16-17H,9H2,1H3. The molecular formula is C13H14BNO4. The Kier molecular flexibility index (Phi) is 4.38. The first-order valence-corrected chi connectivity index (χ1v) is 5.78. The molecule has 6 heteroatoms. The molecule has 0 saturated carbocycles. The maximum atomic E-state index is 9.07. The van der Waals surface area contributed by atoms with E-state index in [0.29, 0.717) is 17.1 Å². The van der Waals surface area contributed by atoms with Gasteiger partial charge in [-0.3, -0.25) is 0 Å². The van der Waals surface area contributed by atoms with Crippen LogP contribution in [-0.2, 0) is 6.61 Å². The second kappa shape index (κ2) is 6.22. The van der Waals surface area contributed by atoms with E-state index in [9.17, 15) is 0 Å². The van der Waals surface area contributed by atoms with Gasteiger partial charge in [-0.2, -0.15) is 0 Å². The summed E-state index contributed by atoms with van der Waals surface area (Å²) >= 11 is 0. The highest BCUT2D eigenvalue weighted by atomic mass is 16.5. The summed E-state index contributed by atoms with van der Waals surface area (Å²) in [6.07, 6.45) is 0. The molecule has 2 aromatic rings. The zero-order valence-electron chi connectivity index (χ0n) is 10.5. The molecule has 98 valence electrons. The summed E-state index contributed by atoms with van der Waals surface area (Å²) in [6.45, 7) is 0.280. The smallest absolute Gasteiger partial charge is 0.487 e. The fourth-order valence-electron chi connectivity index (χ4n) is 1.57. The number of nitrogens with zero attached hydrogens (tertiary/aromatic N) is 1. The highest BCUT2D eigenvalue weighted by Gasteiger charge is 2.11. The summed E-state index contributed by atoms with van der Waals surface area (Å²) in [5, 5.41) is 18.1. The minimum Gasteiger partial charge on any atom is -0.487 e. The van der Waals surface area contributed by atoms with Crippen LogP contribution < -0.4 is 14.9 Å². The number of ether oxygens (including phenoxy) is 2. The van der Waals surface area contributed by atoms with Crippen LogP contribution in [0.2, 0.25) is 0 Å². The van der Waals surface area contributed by atoms with E-state index in [1.165, 1.54) is 0 Å². The molecule has 0 aliphatic rings. The Balaban J connectivity index is 2.03. The van der Waals surface area contributed by atoms with Crippen molar-refractivity contribution in [3.8, 4) is 11.6 Å². The average Bonchev–Trinajstić information content (AvgIpc) is 2.45. The first kappa shape index (κ1) is 13.4. The predicted octanol–water partition coefficient (Wildman–Crippen LogP) is 0.349. The van der Waals surface area contributed by atoms with E-state index in [0.717, 1.165) is 5.69 Å². The molecule has 1 aromatic carbocycles. The maximum absolute atomic E-state index is 9.07. The molecule has 5 nitrogen and oxygen atoms in total. The lowest BCUT2D eigenvalue weighted by atomic mass is 9.80. The van der Waals surface area contributed by atoms with Crippen molar-refractivity contribution in [3.05, 3.63) is 48.2 Å². The number of pyridine rings is 1. The molecule has 2 N–H and O–H groups in total. The largest absolute Gasteiger partial charge is 0.488 e. The topological polar surface area (TPSA) is 71.8 Å². The fourth-order valence-corrected chi connectivity index (χ4v) is 1.57. The number of methoxy groups -OCH3 is 1. The van der Waals surface area contributed by atoms with Crippen LogP contribution in [0.15, 0.2) is 42.5 Å². The van der Waals surface area contributed by atoms with E-state index in [1.807, 2.05) is 12.1 Å². The van der Waals surface area contributed by atoms with Gasteiger partial charge in [0.25, 0.3) is 0 Å². The van der Waals surface area contributed by atoms with Crippen LogP contribution in [0, 0.1) is 0 Å². The summed E-state index contributed by atoms with van der Waals surface area (Å²) in [5.74, 6) is 1.08. The number of benzene rings is 1. The van der Waals surface area contributed by atoms with Crippen LogP contribution in [0.5, 0.6) is 11.6 Å². The van der Waals surface area contributed by atoms with Crippen LogP contribution >= 0.6 is 0 Å². The molecule has 0 aliphatic carbocycles. The molecule has 2 rings (SSSR count). The van der Waals surface area contributed by atoms with Gasteiger partial charge in [0.1, 0.15) is 12.4 Å². The van der Waals surface area contributed by atoms with Gasteiger partial charge in [0, 0.05) is 6.07 Å². The monoisotopic (exact) mass is 259 g/mol. The van der Waals surface area contributed by atoms with Gasteiger partial charge >= 0.3 is 7.12 Å². The van der Waals surface area contributed by atoms with Crippen molar-refractivity contribution in [2.75, 3.05) is 7.11 Å². The second-order valence-corrected chi connectivity index (χ2v) is 3.91. The van der Waals surface area contributed by atoms with Gasteiger partial charge in [-0.25, -0.2) is 4.98 Å². The molecular weight excluding hydrogens is 245 g/mol. The van der Waals surface area contributed by atoms with Gasteiger partial charge in [0.15, 0.2) is 0 Å². The molecule has 0 atom stereocenters. The van der Waals surface area contributed by atoms with Gasteiger partial charge in [-0.05, 0) is 23.7 Å². The molecule has 1 aromatic heterocycles. The molecule has 0 amide bonds. The maximum Gasteiger partial charge on any atom is 0.488 e. The third-order valence-electron chi connectivity index (χ3n) is 2.53. The van der Waals surface area contributed by atoms with Crippen LogP contribution in [0.1, 0.15) is 5.69 Å². The molecule has 0 radical (unpaired) electrons. The zero-order chi connectivity index (χ0) is 13.7. The molecule has 0 fully saturated rings. The Labute approximate surface area is 111 Å². The number of hydrogen-bond acceptors (Lipinski definition) is 5. The Hall–Kier alpha value is -2.05. The lowest BCUT2D eigenvalue weighted by molar-refractivity contribution is 0.298. The van der Waals surface area contributed by atoms with Crippen molar-refractivity contribution < 1.29 is 19.5 Å². The minimum atomic E-state index is -1.50. The quantitative estimate of drug-likeness (QED) is 0.758. The van der Waals surface area contributed by atoms with Crippen LogP contribution in [-0.4, -0.2) is 29.3 Å². The summed E-state index contributed by atoms with van der Waals surface area (Å²) in [4.78, 5) is 4.22. The Morgan fingerprint density at radius 3 is 2.68 bits per heavy atom. The first-order valence-electron chi connectivity index (χ1n) is 5.78. The average molecular weight is 259 g/mol. The van der Waals surface area contributed by atoms with E-state index in [4.69, 9.17) is 19.5 Å². The second-order valence-electron chi connectivity index (χ2n) is 3.91. The number of hydrogen-bond donors (Lipinski definition) is 2. The van der Waals surface area contributed by atoms with Crippen LogP contribution in [0.3, 0.4) is 0 Å². The Morgan fingerprint density at radius 2 is 1.95 bits per heavy atom. The van der Waals surface area contributed by atoms with E-state index < -0.39 is 7.12 Å². The highest BCUT2D eigenvalue weighted by Crippen LogP contribution is 2.12. The Bertz CT molecular complexity index is 548. The number of rotatable bonds is 5. The van der Waals surface area contributed by atoms with Gasteiger partial charge < -0.3 is 19.5 Å². The van der Waals surface area contributed by atoms with Crippen molar-refractivity contribution in [2.45, 2.75) is 6.61 Å². The number of aromatic nitrogens is 1. The summed E-state index contributed by atoms with van der Waals surface area (Å²) in [7, 11) is 0.0532. The van der Waals surface area contributed by atoms with E-state index in [-0.39, 0.29) is 6.61 Å². The van der Waals surface area contributed by atoms with Crippen molar-refractivity contribution in [1.82, 2.24) is 4.98 Å². The van der Waals surface area contributed by atoms with Gasteiger partial charge in [-0.1, -0.05) is 18.2 Å². The third kappa shape index (κ3) is 3.71. The fraction of sp³-hybridized carbons (Fsp3) is 0.154.